The SMILES string of the molecule is NNc1nnc2c3ccccc3n(Cc3ccccc3)c2n1. The van der Waals surface area contributed by atoms with E-state index in [-0.39, 0.29) is 0 Å². The predicted molar refractivity (Wildman–Crippen MR) is 86.2 cm³/mol. The Hall–Kier alpha value is -2.99. The van der Waals surface area contributed by atoms with Crippen molar-refractivity contribution in [1.82, 2.24) is 19.7 Å². The molecule has 0 aliphatic rings. The monoisotopic (exact) mass is 290 g/mol. The molecule has 0 bridgehead atoms. The number of nitrogens with two attached hydrogens (primary N) is 1. The quantitative estimate of drug-likeness (QED) is 0.447. The number of benzene rings is 2. The summed E-state index contributed by atoms with van der Waals surface area (Å²) in [6.07, 6.45) is 0. The highest BCUT2D eigenvalue weighted by Crippen LogP contribution is 2.27. The minimum absolute atomic E-state index is 0.310. The van der Waals surface area contributed by atoms with Crippen molar-refractivity contribution in [3.05, 3.63) is 60.2 Å². The molecule has 6 heteroatoms. The van der Waals surface area contributed by atoms with Crippen molar-refractivity contribution in [3.8, 4) is 0 Å². The molecular weight excluding hydrogens is 276 g/mol. The second-order valence-corrected chi connectivity index (χ2v) is 5.04. The lowest BCUT2D eigenvalue weighted by molar-refractivity contribution is 0.848. The number of anilines is 1. The summed E-state index contributed by atoms with van der Waals surface area (Å²) in [5.74, 6) is 5.72. The summed E-state index contributed by atoms with van der Waals surface area (Å²) >= 11 is 0. The van der Waals surface area contributed by atoms with Gasteiger partial charge in [0.1, 0.15) is 5.52 Å². The molecule has 0 fully saturated rings. The molecule has 0 saturated heterocycles. The highest BCUT2D eigenvalue weighted by atomic mass is 15.4. The van der Waals surface area contributed by atoms with Crippen LogP contribution in [0.25, 0.3) is 22.1 Å². The van der Waals surface area contributed by atoms with Crippen LogP contribution in [0.1, 0.15) is 5.56 Å². The molecule has 0 saturated carbocycles. The highest BCUT2D eigenvalue weighted by molar-refractivity contribution is 6.04. The summed E-state index contributed by atoms with van der Waals surface area (Å²) in [5, 5.41) is 9.29. The fourth-order valence-electron chi connectivity index (χ4n) is 2.69. The topological polar surface area (TPSA) is 81.6 Å². The molecule has 0 radical (unpaired) electrons. The first kappa shape index (κ1) is 12.7. The van der Waals surface area contributed by atoms with Crippen LogP contribution in [0.2, 0.25) is 0 Å². The summed E-state index contributed by atoms with van der Waals surface area (Å²) < 4.78 is 2.13. The molecule has 0 aliphatic carbocycles. The van der Waals surface area contributed by atoms with Gasteiger partial charge in [-0.15, -0.1) is 10.2 Å². The zero-order chi connectivity index (χ0) is 14.9. The van der Waals surface area contributed by atoms with E-state index in [4.69, 9.17) is 5.84 Å². The molecule has 4 aromatic rings. The molecule has 4 rings (SSSR count). The van der Waals surface area contributed by atoms with Crippen LogP contribution in [0.4, 0.5) is 5.95 Å². The molecule has 108 valence electrons. The molecule has 0 amide bonds. The van der Waals surface area contributed by atoms with Crippen molar-refractivity contribution in [2.24, 2.45) is 5.84 Å². The lowest BCUT2D eigenvalue weighted by Gasteiger charge is -2.07. The number of nitrogen functional groups attached to an aromatic ring is 1. The van der Waals surface area contributed by atoms with Gasteiger partial charge in [0.05, 0.1) is 5.52 Å². The predicted octanol–water partition coefficient (Wildman–Crippen LogP) is 2.31. The molecule has 0 aliphatic heterocycles. The summed E-state index contributed by atoms with van der Waals surface area (Å²) in [5.41, 5.74) is 6.29. The highest BCUT2D eigenvalue weighted by Gasteiger charge is 2.14. The zero-order valence-corrected chi connectivity index (χ0v) is 11.8. The Morgan fingerprint density at radius 2 is 1.73 bits per heavy atom. The van der Waals surface area contributed by atoms with Crippen molar-refractivity contribution in [3.63, 3.8) is 0 Å². The van der Waals surface area contributed by atoms with Crippen LogP contribution in [0.15, 0.2) is 54.6 Å². The first-order valence-corrected chi connectivity index (χ1v) is 6.99. The van der Waals surface area contributed by atoms with Crippen LogP contribution in [0.3, 0.4) is 0 Å². The number of rotatable bonds is 3. The van der Waals surface area contributed by atoms with E-state index in [1.165, 1.54) is 5.56 Å². The van der Waals surface area contributed by atoms with Gasteiger partial charge >= 0.3 is 0 Å². The Morgan fingerprint density at radius 3 is 2.55 bits per heavy atom. The number of hydrogen-bond donors (Lipinski definition) is 2. The summed E-state index contributed by atoms with van der Waals surface area (Å²) in [6.45, 7) is 0.716. The number of aromatic nitrogens is 4. The van der Waals surface area contributed by atoms with E-state index in [1.807, 2.05) is 36.4 Å². The molecule has 0 atom stereocenters. The lowest BCUT2D eigenvalue weighted by Crippen LogP contribution is -2.12. The summed E-state index contributed by atoms with van der Waals surface area (Å²) in [7, 11) is 0. The molecule has 2 aromatic heterocycles. The zero-order valence-electron chi connectivity index (χ0n) is 11.8. The normalized spacial score (nSPS) is 11.1. The third kappa shape index (κ3) is 1.97. The smallest absolute Gasteiger partial charge is 0.258 e. The van der Waals surface area contributed by atoms with Crippen LogP contribution >= 0.6 is 0 Å². The average molecular weight is 290 g/mol. The van der Waals surface area contributed by atoms with Crippen molar-refractivity contribution >= 4 is 28.0 Å². The van der Waals surface area contributed by atoms with Crippen molar-refractivity contribution < 1.29 is 0 Å². The van der Waals surface area contributed by atoms with Gasteiger partial charge in [0.25, 0.3) is 5.95 Å². The fraction of sp³-hybridized carbons (Fsp3) is 0.0625. The van der Waals surface area contributed by atoms with Gasteiger partial charge in [-0.25, -0.2) is 5.84 Å². The Morgan fingerprint density at radius 1 is 0.955 bits per heavy atom. The van der Waals surface area contributed by atoms with E-state index in [1.54, 1.807) is 0 Å². The number of hydrazine groups is 1. The maximum Gasteiger partial charge on any atom is 0.258 e. The number of para-hydroxylation sites is 1. The number of nitrogens with one attached hydrogen (secondary N) is 1. The van der Waals surface area contributed by atoms with Gasteiger partial charge in [-0.05, 0) is 11.6 Å². The van der Waals surface area contributed by atoms with Crippen LogP contribution in [0.5, 0.6) is 0 Å². The Balaban J connectivity index is 2.00. The van der Waals surface area contributed by atoms with E-state index >= 15 is 0 Å². The first-order chi connectivity index (χ1) is 10.9. The Bertz CT molecular complexity index is 945. The van der Waals surface area contributed by atoms with Gasteiger partial charge in [-0.1, -0.05) is 48.5 Å². The minimum Gasteiger partial charge on any atom is -0.319 e. The van der Waals surface area contributed by atoms with E-state index in [0.717, 1.165) is 22.1 Å². The Kier molecular flexibility index (Phi) is 2.94. The van der Waals surface area contributed by atoms with E-state index in [0.29, 0.717) is 12.5 Å². The van der Waals surface area contributed by atoms with Crippen molar-refractivity contribution in [2.45, 2.75) is 6.54 Å². The lowest BCUT2D eigenvalue weighted by atomic mass is 10.2. The van der Waals surface area contributed by atoms with Gasteiger partial charge in [0, 0.05) is 11.9 Å². The minimum atomic E-state index is 0.310. The second kappa shape index (κ2) is 5.09. The van der Waals surface area contributed by atoms with Gasteiger partial charge in [0.15, 0.2) is 5.65 Å². The maximum absolute atomic E-state index is 5.41. The number of fused-ring (bicyclic) bond motifs is 3. The molecule has 3 N–H and O–H groups in total. The molecule has 0 spiro atoms. The van der Waals surface area contributed by atoms with E-state index < -0.39 is 0 Å². The third-order valence-electron chi connectivity index (χ3n) is 3.69. The van der Waals surface area contributed by atoms with Crippen LogP contribution < -0.4 is 11.3 Å². The largest absolute Gasteiger partial charge is 0.319 e. The second-order valence-electron chi connectivity index (χ2n) is 5.04. The molecule has 0 unspecified atom stereocenters. The van der Waals surface area contributed by atoms with Crippen molar-refractivity contribution in [2.75, 3.05) is 5.43 Å². The van der Waals surface area contributed by atoms with Crippen LogP contribution in [-0.4, -0.2) is 19.7 Å². The summed E-state index contributed by atoms with van der Waals surface area (Å²) in [6, 6.07) is 18.4. The molecule has 2 aromatic carbocycles. The maximum atomic E-state index is 5.41. The fourth-order valence-corrected chi connectivity index (χ4v) is 2.69. The molecule has 6 nitrogen and oxygen atoms in total. The van der Waals surface area contributed by atoms with Gasteiger partial charge < -0.3 is 4.57 Å². The average Bonchev–Trinajstić information content (AvgIpc) is 2.89. The van der Waals surface area contributed by atoms with Crippen molar-refractivity contribution in [1.29, 1.82) is 0 Å². The molecule has 22 heavy (non-hydrogen) atoms. The van der Waals surface area contributed by atoms with Gasteiger partial charge in [0.2, 0.25) is 0 Å². The number of nitrogens with zero attached hydrogens (tertiary/aromatic N) is 4. The van der Waals surface area contributed by atoms with Crippen LogP contribution in [0, 0.1) is 0 Å². The molecule has 2 heterocycles. The van der Waals surface area contributed by atoms with E-state index in [9.17, 15) is 0 Å². The van der Waals surface area contributed by atoms with Gasteiger partial charge in [-0.2, -0.15) is 4.98 Å². The standard InChI is InChI=1S/C16H14N6/c17-19-16-18-15-14(20-21-16)12-8-4-5-9-13(12)22(15)10-11-6-2-1-3-7-11/h1-9H,10,17H2,(H,18,19,21). The number of hydrogen-bond acceptors (Lipinski definition) is 5. The Labute approximate surface area is 126 Å². The first-order valence-electron chi connectivity index (χ1n) is 6.99. The van der Waals surface area contributed by atoms with Gasteiger partial charge in [-0.3, -0.25) is 5.43 Å². The summed E-state index contributed by atoms with van der Waals surface area (Å²) in [4.78, 5) is 4.48. The third-order valence-corrected chi connectivity index (χ3v) is 3.69. The van der Waals surface area contributed by atoms with E-state index in [2.05, 4.69) is 43.4 Å². The molecular formula is C16H14N6. The van der Waals surface area contributed by atoms with Crippen LogP contribution in [-0.2, 0) is 6.54 Å².